The van der Waals surface area contributed by atoms with Gasteiger partial charge in [-0.05, 0) is 67.2 Å². The molecular weight excluding hydrogens is 491 g/mol. The Bertz CT molecular complexity index is 1370. The molecule has 0 heterocycles. The Balaban J connectivity index is 1.45. The van der Waals surface area contributed by atoms with E-state index in [0.29, 0.717) is 29.3 Å². The molecule has 3 aromatic rings. The van der Waals surface area contributed by atoms with Crippen molar-refractivity contribution in [2.75, 3.05) is 7.11 Å². The van der Waals surface area contributed by atoms with E-state index in [0.717, 1.165) is 47.9 Å². The molecule has 0 bridgehead atoms. The maximum atomic E-state index is 13.9. The topological polar surface area (TPSA) is 52.6 Å². The van der Waals surface area contributed by atoms with Crippen molar-refractivity contribution in [3.05, 3.63) is 101 Å². The Labute approximate surface area is 229 Å². The smallest absolute Gasteiger partial charge is 0.164 e. The Kier molecular flexibility index (Phi) is 8.25. The molecule has 202 valence electrons. The van der Waals surface area contributed by atoms with Gasteiger partial charge < -0.3 is 9.47 Å². The number of carbonyl (C=O) groups is 2. The molecule has 1 saturated carbocycles. The summed E-state index contributed by atoms with van der Waals surface area (Å²) in [7, 11) is 1.63. The number of para-hydroxylation sites is 1. The van der Waals surface area contributed by atoms with Gasteiger partial charge in [-0.3, -0.25) is 9.59 Å². The molecule has 0 aliphatic heterocycles. The standard InChI is InChI=1S/C34H35FO4/c1-22(36)26-11-6-8-23(18-26)21-39-32-13-7-12-29(34(32)38-2)30-19-27(24-14-16-28(35)17-15-24)20-31(30)33(37)25-9-4-3-5-10-25/h6-8,11-18,20,25,30-31H,3-5,9-10,19,21H2,1-2H3. The Morgan fingerprint density at radius 2 is 1.69 bits per heavy atom. The molecule has 2 aliphatic rings. The van der Waals surface area contributed by atoms with E-state index in [2.05, 4.69) is 6.08 Å². The third-order valence-electron chi connectivity index (χ3n) is 8.15. The highest BCUT2D eigenvalue weighted by Crippen LogP contribution is 2.49. The highest BCUT2D eigenvalue weighted by atomic mass is 19.1. The SMILES string of the molecule is COc1c(OCc2cccc(C(C)=O)c2)cccc1C1CC(c2ccc(F)cc2)=CC1C(=O)C1CCCCC1. The first kappa shape index (κ1) is 26.9. The lowest BCUT2D eigenvalue weighted by Crippen LogP contribution is -2.27. The van der Waals surface area contributed by atoms with Gasteiger partial charge in [0.15, 0.2) is 17.3 Å². The van der Waals surface area contributed by atoms with Crippen LogP contribution in [0.1, 0.15) is 78.4 Å². The summed E-state index contributed by atoms with van der Waals surface area (Å²) in [6.07, 6.45) is 8.05. The maximum Gasteiger partial charge on any atom is 0.164 e. The second-order valence-electron chi connectivity index (χ2n) is 10.7. The van der Waals surface area contributed by atoms with Crippen LogP contribution in [0.15, 0.2) is 72.8 Å². The minimum Gasteiger partial charge on any atom is -0.493 e. The first-order chi connectivity index (χ1) is 18.9. The summed E-state index contributed by atoms with van der Waals surface area (Å²) >= 11 is 0. The summed E-state index contributed by atoms with van der Waals surface area (Å²) in [5.41, 5.74) is 4.48. The molecule has 3 aromatic carbocycles. The molecule has 0 radical (unpaired) electrons. The monoisotopic (exact) mass is 526 g/mol. The van der Waals surface area contributed by atoms with Gasteiger partial charge in [-0.25, -0.2) is 4.39 Å². The molecule has 39 heavy (non-hydrogen) atoms. The lowest BCUT2D eigenvalue weighted by molar-refractivity contribution is -0.126. The molecule has 0 amide bonds. The largest absolute Gasteiger partial charge is 0.493 e. The Morgan fingerprint density at radius 1 is 0.949 bits per heavy atom. The predicted octanol–water partition coefficient (Wildman–Crippen LogP) is 7.95. The highest BCUT2D eigenvalue weighted by Gasteiger charge is 2.39. The number of allylic oxidation sites excluding steroid dienone is 2. The number of carbonyl (C=O) groups excluding carboxylic acids is 2. The van der Waals surface area contributed by atoms with Crippen molar-refractivity contribution in [3.63, 3.8) is 0 Å². The maximum absolute atomic E-state index is 13.9. The van der Waals surface area contributed by atoms with E-state index >= 15 is 0 Å². The Hall–Kier alpha value is -3.73. The summed E-state index contributed by atoms with van der Waals surface area (Å²) in [4.78, 5) is 25.7. The third-order valence-corrected chi connectivity index (χ3v) is 8.15. The van der Waals surface area contributed by atoms with Crippen LogP contribution in [0.2, 0.25) is 0 Å². The first-order valence-electron chi connectivity index (χ1n) is 13.8. The van der Waals surface area contributed by atoms with Crippen LogP contribution in [-0.2, 0) is 11.4 Å². The average Bonchev–Trinajstić information content (AvgIpc) is 3.41. The van der Waals surface area contributed by atoms with E-state index in [1.54, 1.807) is 32.2 Å². The third kappa shape index (κ3) is 5.98. The molecule has 0 N–H and O–H groups in total. The van der Waals surface area contributed by atoms with Gasteiger partial charge in [-0.15, -0.1) is 0 Å². The number of hydrogen-bond acceptors (Lipinski definition) is 4. The molecule has 2 aliphatic carbocycles. The van der Waals surface area contributed by atoms with Crippen molar-refractivity contribution >= 4 is 17.1 Å². The van der Waals surface area contributed by atoms with Gasteiger partial charge in [-0.2, -0.15) is 0 Å². The van der Waals surface area contributed by atoms with Crippen LogP contribution in [0.25, 0.3) is 5.57 Å². The summed E-state index contributed by atoms with van der Waals surface area (Å²) in [5, 5.41) is 0. The van der Waals surface area contributed by atoms with E-state index in [4.69, 9.17) is 9.47 Å². The summed E-state index contributed by atoms with van der Waals surface area (Å²) in [6.45, 7) is 1.84. The van der Waals surface area contributed by atoms with Gasteiger partial charge in [0.2, 0.25) is 0 Å². The molecule has 2 unspecified atom stereocenters. The molecule has 0 spiro atoms. The fourth-order valence-electron chi connectivity index (χ4n) is 6.08. The van der Waals surface area contributed by atoms with Crippen LogP contribution in [0, 0.1) is 17.7 Å². The molecule has 1 fully saturated rings. The Morgan fingerprint density at radius 3 is 2.41 bits per heavy atom. The van der Waals surface area contributed by atoms with Gasteiger partial charge in [0, 0.05) is 28.9 Å². The summed E-state index contributed by atoms with van der Waals surface area (Å²) in [5.74, 6) is 0.964. The van der Waals surface area contributed by atoms with Gasteiger partial charge in [0.1, 0.15) is 18.2 Å². The zero-order valence-corrected chi connectivity index (χ0v) is 22.6. The van der Waals surface area contributed by atoms with Gasteiger partial charge in [0.25, 0.3) is 0 Å². The lowest BCUT2D eigenvalue weighted by Gasteiger charge is -2.27. The number of halogens is 1. The fraction of sp³-hybridized carbons (Fsp3) is 0.353. The normalized spacial score (nSPS) is 19.4. The van der Waals surface area contributed by atoms with Crippen molar-refractivity contribution in [1.82, 2.24) is 0 Å². The van der Waals surface area contributed by atoms with E-state index in [9.17, 15) is 14.0 Å². The highest BCUT2D eigenvalue weighted by molar-refractivity contribution is 5.94. The van der Waals surface area contributed by atoms with Crippen LogP contribution in [0.5, 0.6) is 11.5 Å². The van der Waals surface area contributed by atoms with Crippen LogP contribution in [-0.4, -0.2) is 18.7 Å². The molecule has 2 atom stereocenters. The number of ether oxygens (including phenoxy) is 2. The second kappa shape index (κ2) is 12.0. The number of benzene rings is 3. The van der Waals surface area contributed by atoms with Crippen LogP contribution < -0.4 is 9.47 Å². The minimum atomic E-state index is -0.274. The van der Waals surface area contributed by atoms with Crippen LogP contribution >= 0.6 is 0 Å². The fourth-order valence-corrected chi connectivity index (χ4v) is 6.08. The van der Waals surface area contributed by atoms with E-state index < -0.39 is 0 Å². The first-order valence-corrected chi connectivity index (χ1v) is 13.8. The van der Waals surface area contributed by atoms with Crippen molar-refractivity contribution in [2.24, 2.45) is 11.8 Å². The number of ketones is 2. The molecule has 5 heteroatoms. The van der Waals surface area contributed by atoms with E-state index in [1.807, 2.05) is 36.4 Å². The van der Waals surface area contributed by atoms with Gasteiger partial charge in [-0.1, -0.05) is 67.8 Å². The molecule has 5 rings (SSSR count). The van der Waals surface area contributed by atoms with Crippen molar-refractivity contribution in [3.8, 4) is 11.5 Å². The zero-order chi connectivity index (χ0) is 27.4. The quantitative estimate of drug-likeness (QED) is 0.266. The summed E-state index contributed by atoms with van der Waals surface area (Å²) in [6, 6.07) is 19.8. The second-order valence-corrected chi connectivity index (χ2v) is 10.7. The number of hydrogen-bond donors (Lipinski definition) is 0. The average molecular weight is 527 g/mol. The lowest BCUT2D eigenvalue weighted by atomic mass is 9.76. The predicted molar refractivity (Wildman–Crippen MR) is 151 cm³/mol. The molecular formula is C34H35FO4. The van der Waals surface area contributed by atoms with Crippen molar-refractivity contribution in [2.45, 2.75) is 58.0 Å². The number of methoxy groups -OCH3 is 1. The molecule has 4 nitrogen and oxygen atoms in total. The van der Waals surface area contributed by atoms with Gasteiger partial charge in [0.05, 0.1) is 7.11 Å². The van der Waals surface area contributed by atoms with Crippen molar-refractivity contribution < 1.29 is 23.5 Å². The minimum absolute atomic E-state index is 0.01000. The summed E-state index contributed by atoms with van der Waals surface area (Å²) < 4.78 is 25.8. The van der Waals surface area contributed by atoms with Crippen molar-refractivity contribution in [1.29, 1.82) is 0 Å². The van der Waals surface area contributed by atoms with Crippen LogP contribution in [0.3, 0.4) is 0 Å². The molecule has 0 saturated heterocycles. The van der Waals surface area contributed by atoms with E-state index in [-0.39, 0.29) is 36.0 Å². The van der Waals surface area contributed by atoms with Crippen LogP contribution in [0.4, 0.5) is 4.39 Å². The van der Waals surface area contributed by atoms with Gasteiger partial charge >= 0.3 is 0 Å². The zero-order valence-electron chi connectivity index (χ0n) is 22.6. The molecule has 0 aromatic heterocycles. The number of rotatable bonds is 9. The van der Waals surface area contributed by atoms with E-state index in [1.165, 1.54) is 18.6 Å². The number of Topliss-reactive ketones (excluding diaryl/α,β-unsaturated/α-hetero) is 2.